The van der Waals surface area contributed by atoms with E-state index in [4.69, 9.17) is 0 Å². The van der Waals surface area contributed by atoms with Crippen LogP contribution in [-0.2, 0) is 15.3 Å². The molecule has 2 aromatic rings. The summed E-state index contributed by atoms with van der Waals surface area (Å²) in [5.41, 5.74) is 4.91. The number of methoxy groups -OCH3 is 1. The lowest BCUT2D eigenvalue weighted by atomic mass is 10.1. The summed E-state index contributed by atoms with van der Waals surface area (Å²) in [6, 6.07) is 16.7. The van der Waals surface area contributed by atoms with Crippen molar-refractivity contribution in [2.24, 2.45) is 5.10 Å². The molecule has 1 N–H and O–H groups in total. The number of hydrogen-bond donors (Lipinski definition) is 1. The number of rotatable bonds is 7. The summed E-state index contributed by atoms with van der Waals surface area (Å²) < 4.78 is 4.63. The van der Waals surface area contributed by atoms with Crippen LogP contribution < -0.4 is 5.43 Å². The molecule has 2 rings (SSSR count). The monoisotopic (exact) mass is 342 g/mol. The molecule has 2 aromatic carbocycles. The average molecular weight is 342 g/mol. The van der Waals surface area contributed by atoms with Gasteiger partial charge in [-0.3, -0.25) is 4.79 Å². The van der Waals surface area contributed by atoms with E-state index in [2.05, 4.69) is 15.3 Å². The third-order valence-electron chi connectivity index (χ3n) is 3.08. The van der Waals surface area contributed by atoms with Crippen molar-refractivity contribution in [2.75, 3.05) is 12.9 Å². The summed E-state index contributed by atoms with van der Waals surface area (Å²) in [5.74, 6) is 0.584. The van der Waals surface area contributed by atoms with E-state index >= 15 is 0 Å². The number of amides is 1. The van der Waals surface area contributed by atoms with Crippen molar-refractivity contribution >= 4 is 29.9 Å². The molecule has 0 radical (unpaired) electrons. The minimum absolute atomic E-state index is 0.154. The molecule has 0 atom stereocenters. The fourth-order valence-corrected chi connectivity index (χ4v) is 2.65. The molecule has 0 aliphatic carbocycles. The number of ether oxygens (including phenoxy) is 1. The Balaban J connectivity index is 1.72. The van der Waals surface area contributed by atoms with Gasteiger partial charge in [-0.05, 0) is 23.3 Å². The molecular formula is C18H18N2O3S. The van der Waals surface area contributed by atoms with Crippen LogP contribution in [0.5, 0.6) is 0 Å². The predicted molar refractivity (Wildman–Crippen MR) is 96.1 cm³/mol. The Hall–Kier alpha value is -2.60. The number of carbonyl (C=O) groups is 2. The molecule has 0 bridgehead atoms. The van der Waals surface area contributed by atoms with Crippen LogP contribution in [0.25, 0.3) is 0 Å². The predicted octanol–water partition coefficient (Wildman–Crippen LogP) is 2.86. The highest BCUT2D eigenvalue weighted by atomic mass is 32.2. The Labute approximate surface area is 145 Å². The van der Waals surface area contributed by atoms with E-state index in [1.54, 1.807) is 24.3 Å². The molecule has 0 saturated carbocycles. The van der Waals surface area contributed by atoms with Gasteiger partial charge in [-0.15, -0.1) is 11.8 Å². The molecule has 0 spiro atoms. The van der Waals surface area contributed by atoms with E-state index in [9.17, 15) is 9.59 Å². The van der Waals surface area contributed by atoms with Crippen molar-refractivity contribution in [3.8, 4) is 0 Å². The summed E-state index contributed by atoms with van der Waals surface area (Å²) in [5, 5.41) is 3.91. The van der Waals surface area contributed by atoms with Gasteiger partial charge in [0.2, 0.25) is 5.91 Å². The second-order valence-electron chi connectivity index (χ2n) is 4.89. The smallest absolute Gasteiger partial charge is 0.337 e. The second kappa shape index (κ2) is 9.52. The Morgan fingerprint density at radius 3 is 2.50 bits per heavy atom. The molecule has 5 nitrogen and oxygen atoms in total. The van der Waals surface area contributed by atoms with Gasteiger partial charge in [-0.25, -0.2) is 10.2 Å². The Bertz CT molecular complexity index is 700. The highest BCUT2D eigenvalue weighted by Gasteiger charge is 2.03. The van der Waals surface area contributed by atoms with Gasteiger partial charge in [0.15, 0.2) is 0 Å². The van der Waals surface area contributed by atoms with Gasteiger partial charge < -0.3 is 4.74 Å². The maximum absolute atomic E-state index is 11.7. The van der Waals surface area contributed by atoms with E-state index in [1.807, 2.05) is 30.3 Å². The van der Waals surface area contributed by atoms with Crippen molar-refractivity contribution in [3.05, 3.63) is 71.3 Å². The molecule has 1 amide bonds. The zero-order valence-electron chi connectivity index (χ0n) is 13.3. The topological polar surface area (TPSA) is 67.8 Å². The van der Waals surface area contributed by atoms with Crippen molar-refractivity contribution < 1.29 is 14.3 Å². The Kier molecular flexibility index (Phi) is 7.04. The number of thioether (sulfide) groups is 1. The van der Waals surface area contributed by atoms with E-state index in [0.717, 1.165) is 11.3 Å². The number of esters is 1. The standard InChI is InChI=1S/C18H18N2O3S/c1-23-18(22)16-9-7-14(8-10-16)11-19-20-17(21)13-24-12-15-5-3-2-4-6-15/h2-11H,12-13H2,1H3,(H,20,21)/b19-11-. The quantitative estimate of drug-likeness (QED) is 0.477. The number of hydrogen-bond acceptors (Lipinski definition) is 5. The second-order valence-corrected chi connectivity index (χ2v) is 5.87. The lowest BCUT2D eigenvalue weighted by molar-refractivity contribution is -0.118. The molecule has 0 aromatic heterocycles. The Morgan fingerprint density at radius 1 is 1.12 bits per heavy atom. The maximum Gasteiger partial charge on any atom is 0.337 e. The molecule has 0 saturated heterocycles. The van der Waals surface area contributed by atoms with Crippen LogP contribution in [0.4, 0.5) is 0 Å². The largest absolute Gasteiger partial charge is 0.465 e. The van der Waals surface area contributed by atoms with E-state index in [1.165, 1.54) is 30.6 Å². The van der Waals surface area contributed by atoms with Crippen molar-refractivity contribution in [3.63, 3.8) is 0 Å². The van der Waals surface area contributed by atoms with Gasteiger partial charge in [0.25, 0.3) is 0 Å². The molecule has 0 aliphatic heterocycles. The number of nitrogens with zero attached hydrogens (tertiary/aromatic N) is 1. The first kappa shape index (κ1) is 17.7. The van der Waals surface area contributed by atoms with Crippen molar-refractivity contribution in [1.29, 1.82) is 0 Å². The number of carbonyl (C=O) groups excluding carboxylic acids is 2. The lowest BCUT2D eigenvalue weighted by Crippen LogP contribution is -2.19. The molecule has 0 aliphatic rings. The molecular weight excluding hydrogens is 324 g/mol. The first-order valence-corrected chi connectivity index (χ1v) is 8.46. The molecule has 24 heavy (non-hydrogen) atoms. The first-order chi connectivity index (χ1) is 11.7. The number of nitrogens with one attached hydrogen (secondary N) is 1. The van der Waals surface area contributed by atoms with Gasteiger partial charge in [0, 0.05) is 5.75 Å². The van der Waals surface area contributed by atoms with Gasteiger partial charge in [-0.2, -0.15) is 5.10 Å². The summed E-state index contributed by atoms with van der Waals surface area (Å²) >= 11 is 1.53. The highest BCUT2D eigenvalue weighted by Crippen LogP contribution is 2.11. The minimum Gasteiger partial charge on any atom is -0.465 e. The van der Waals surface area contributed by atoms with Crippen molar-refractivity contribution in [2.45, 2.75) is 5.75 Å². The third-order valence-corrected chi connectivity index (χ3v) is 4.08. The molecule has 0 heterocycles. The van der Waals surface area contributed by atoms with E-state index < -0.39 is 0 Å². The van der Waals surface area contributed by atoms with Crippen LogP contribution in [0.3, 0.4) is 0 Å². The normalized spacial score (nSPS) is 10.5. The fourth-order valence-electron chi connectivity index (χ4n) is 1.87. The first-order valence-electron chi connectivity index (χ1n) is 7.31. The van der Waals surface area contributed by atoms with Crippen LogP contribution in [0.15, 0.2) is 59.7 Å². The number of hydrazone groups is 1. The zero-order valence-corrected chi connectivity index (χ0v) is 14.1. The summed E-state index contributed by atoms with van der Waals surface area (Å²) in [6.45, 7) is 0. The molecule has 0 unspecified atom stereocenters. The molecule has 0 fully saturated rings. The number of benzene rings is 2. The minimum atomic E-state index is -0.387. The lowest BCUT2D eigenvalue weighted by Gasteiger charge is -2.01. The van der Waals surface area contributed by atoms with Gasteiger partial charge in [0.05, 0.1) is 24.6 Å². The zero-order chi connectivity index (χ0) is 17.2. The van der Waals surface area contributed by atoms with E-state index in [-0.39, 0.29) is 11.9 Å². The van der Waals surface area contributed by atoms with Gasteiger partial charge in [0.1, 0.15) is 0 Å². The SMILES string of the molecule is COC(=O)c1ccc(/C=N\NC(=O)CSCc2ccccc2)cc1. The van der Waals surface area contributed by atoms with Gasteiger partial charge >= 0.3 is 5.97 Å². The summed E-state index contributed by atoms with van der Waals surface area (Å²) in [4.78, 5) is 23.0. The molecule has 124 valence electrons. The van der Waals surface area contributed by atoms with Crippen LogP contribution >= 0.6 is 11.8 Å². The van der Waals surface area contributed by atoms with Crippen LogP contribution in [0.2, 0.25) is 0 Å². The molecule has 6 heteroatoms. The Morgan fingerprint density at radius 2 is 1.83 bits per heavy atom. The van der Waals surface area contributed by atoms with E-state index in [0.29, 0.717) is 11.3 Å². The van der Waals surface area contributed by atoms with Gasteiger partial charge in [-0.1, -0.05) is 42.5 Å². The van der Waals surface area contributed by atoms with Crippen LogP contribution in [-0.4, -0.2) is 31.0 Å². The van der Waals surface area contributed by atoms with Crippen LogP contribution in [0, 0.1) is 0 Å². The average Bonchev–Trinajstić information content (AvgIpc) is 2.62. The summed E-state index contributed by atoms with van der Waals surface area (Å²) in [6.07, 6.45) is 1.53. The fraction of sp³-hybridized carbons (Fsp3) is 0.167. The highest BCUT2D eigenvalue weighted by molar-refractivity contribution is 7.99. The third kappa shape index (κ3) is 5.89. The van der Waals surface area contributed by atoms with Crippen molar-refractivity contribution in [1.82, 2.24) is 5.43 Å². The maximum atomic E-state index is 11.7. The van der Waals surface area contributed by atoms with Crippen LogP contribution in [0.1, 0.15) is 21.5 Å². The summed E-state index contributed by atoms with van der Waals surface area (Å²) in [7, 11) is 1.34.